The predicted molar refractivity (Wildman–Crippen MR) is 98.9 cm³/mol. The third kappa shape index (κ3) is 4.58. The number of rotatable bonds is 6. The largest absolute Gasteiger partial charge is 0.352 e. The number of hydrogen-bond acceptors (Lipinski definition) is 4. The van der Waals surface area contributed by atoms with Crippen LogP contribution >= 0.6 is 0 Å². The van der Waals surface area contributed by atoms with E-state index in [0.717, 1.165) is 28.4 Å². The van der Waals surface area contributed by atoms with E-state index in [1.165, 1.54) is 12.1 Å². The number of benzene rings is 1. The highest BCUT2D eigenvalue weighted by Gasteiger charge is 2.15. The van der Waals surface area contributed by atoms with E-state index in [1.54, 1.807) is 16.8 Å². The van der Waals surface area contributed by atoms with Gasteiger partial charge in [-0.25, -0.2) is 14.5 Å². The number of aromatic nitrogens is 2. The van der Waals surface area contributed by atoms with Crippen molar-refractivity contribution >= 4 is 17.5 Å². The van der Waals surface area contributed by atoms with E-state index in [4.69, 9.17) is 0 Å². The molecule has 7 nitrogen and oxygen atoms in total. The van der Waals surface area contributed by atoms with Crippen LogP contribution in [0.3, 0.4) is 0 Å². The molecule has 0 radical (unpaired) electrons. The SMILES string of the molecule is Cc1nn(-c2ccc(F)cc2)c(C)c1CNC(=O)CCC1=NNC(=O)CC1. The number of nitrogens with zero attached hydrogens (tertiary/aromatic N) is 3. The van der Waals surface area contributed by atoms with Gasteiger partial charge in [-0.1, -0.05) is 0 Å². The van der Waals surface area contributed by atoms with E-state index in [0.29, 0.717) is 32.2 Å². The second kappa shape index (κ2) is 8.11. The molecule has 0 saturated heterocycles. The minimum Gasteiger partial charge on any atom is -0.352 e. The maximum absolute atomic E-state index is 13.1. The second-order valence-corrected chi connectivity index (χ2v) is 6.53. The maximum atomic E-state index is 13.1. The zero-order valence-corrected chi connectivity index (χ0v) is 15.4. The molecule has 0 aliphatic carbocycles. The smallest absolute Gasteiger partial charge is 0.240 e. The van der Waals surface area contributed by atoms with Crippen molar-refractivity contribution in [2.24, 2.45) is 5.10 Å². The summed E-state index contributed by atoms with van der Waals surface area (Å²) in [6.07, 6.45) is 1.86. The molecule has 8 heteroatoms. The van der Waals surface area contributed by atoms with Gasteiger partial charge < -0.3 is 5.32 Å². The van der Waals surface area contributed by atoms with E-state index >= 15 is 0 Å². The maximum Gasteiger partial charge on any atom is 0.240 e. The molecular weight excluding hydrogens is 349 g/mol. The molecule has 2 amide bonds. The Hall–Kier alpha value is -3.03. The fourth-order valence-electron chi connectivity index (χ4n) is 2.99. The van der Waals surface area contributed by atoms with Gasteiger partial charge in [0, 0.05) is 36.4 Å². The Labute approximate surface area is 156 Å². The molecule has 1 aliphatic heterocycles. The highest BCUT2D eigenvalue weighted by Crippen LogP contribution is 2.18. The molecular formula is C19H22FN5O2. The van der Waals surface area contributed by atoms with Gasteiger partial charge in [-0.3, -0.25) is 9.59 Å². The first-order chi connectivity index (χ1) is 12.9. The molecule has 1 aromatic heterocycles. The fraction of sp³-hybridized carbons (Fsp3) is 0.368. The van der Waals surface area contributed by atoms with Gasteiger partial charge in [-0.05, 0) is 51.0 Å². The molecule has 1 aromatic carbocycles. The summed E-state index contributed by atoms with van der Waals surface area (Å²) in [6, 6.07) is 6.12. The lowest BCUT2D eigenvalue weighted by atomic mass is 10.1. The number of nitrogens with one attached hydrogen (secondary N) is 2. The normalized spacial score (nSPS) is 13.9. The molecule has 0 fully saturated rings. The molecule has 2 N–H and O–H groups in total. The van der Waals surface area contributed by atoms with Crippen LogP contribution in [0.1, 0.15) is 42.6 Å². The van der Waals surface area contributed by atoms with Crippen molar-refractivity contribution in [2.45, 2.75) is 46.1 Å². The summed E-state index contributed by atoms with van der Waals surface area (Å²) < 4.78 is 14.9. The van der Waals surface area contributed by atoms with Gasteiger partial charge in [0.05, 0.1) is 11.4 Å². The van der Waals surface area contributed by atoms with Crippen LogP contribution in [0.2, 0.25) is 0 Å². The summed E-state index contributed by atoms with van der Waals surface area (Å²) in [5.74, 6) is -0.467. The van der Waals surface area contributed by atoms with Crippen molar-refractivity contribution in [1.29, 1.82) is 0 Å². The molecule has 0 unspecified atom stereocenters. The summed E-state index contributed by atoms with van der Waals surface area (Å²) >= 11 is 0. The van der Waals surface area contributed by atoms with E-state index in [1.807, 2.05) is 13.8 Å². The molecule has 3 rings (SSSR count). The van der Waals surface area contributed by atoms with E-state index in [-0.39, 0.29) is 17.6 Å². The van der Waals surface area contributed by atoms with Gasteiger partial charge in [0.15, 0.2) is 0 Å². The Bertz CT molecular complexity index is 886. The van der Waals surface area contributed by atoms with Gasteiger partial charge in [0.2, 0.25) is 11.8 Å². The summed E-state index contributed by atoms with van der Waals surface area (Å²) in [6.45, 7) is 4.18. The Balaban J connectivity index is 1.58. The van der Waals surface area contributed by atoms with Crippen LogP contribution in [0.25, 0.3) is 5.69 Å². The van der Waals surface area contributed by atoms with Crippen LogP contribution in [-0.2, 0) is 16.1 Å². The Morgan fingerprint density at radius 3 is 2.67 bits per heavy atom. The number of aryl methyl sites for hydroxylation is 1. The second-order valence-electron chi connectivity index (χ2n) is 6.53. The fourth-order valence-corrected chi connectivity index (χ4v) is 2.99. The van der Waals surface area contributed by atoms with Gasteiger partial charge in [0.1, 0.15) is 5.82 Å². The van der Waals surface area contributed by atoms with E-state index in [2.05, 4.69) is 20.9 Å². The van der Waals surface area contributed by atoms with Crippen LogP contribution in [-0.4, -0.2) is 27.3 Å². The summed E-state index contributed by atoms with van der Waals surface area (Å²) in [5, 5.41) is 11.4. The van der Waals surface area contributed by atoms with Crippen molar-refractivity contribution < 1.29 is 14.0 Å². The number of carbonyl (C=O) groups excluding carboxylic acids is 2. The summed E-state index contributed by atoms with van der Waals surface area (Å²) in [4.78, 5) is 23.2. The molecule has 0 atom stereocenters. The van der Waals surface area contributed by atoms with Crippen LogP contribution in [0.5, 0.6) is 0 Å². The third-order valence-corrected chi connectivity index (χ3v) is 4.59. The average Bonchev–Trinajstić information content (AvgIpc) is 2.94. The number of amides is 2. The van der Waals surface area contributed by atoms with Crippen LogP contribution in [0, 0.1) is 19.7 Å². The van der Waals surface area contributed by atoms with E-state index in [9.17, 15) is 14.0 Å². The van der Waals surface area contributed by atoms with Crippen molar-refractivity contribution in [3.8, 4) is 5.69 Å². The number of halogens is 1. The minimum absolute atomic E-state index is 0.0806. The lowest BCUT2D eigenvalue weighted by Gasteiger charge is -2.12. The number of carbonyl (C=O) groups is 2. The van der Waals surface area contributed by atoms with E-state index < -0.39 is 0 Å². The monoisotopic (exact) mass is 371 g/mol. The van der Waals surface area contributed by atoms with Crippen molar-refractivity contribution in [1.82, 2.24) is 20.5 Å². The topological polar surface area (TPSA) is 88.4 Å². The molecule has 2 aromatic rings. The average molecular weight is 371 g/mol. The summed E-state index contributed by atoms with van der Waals surface area (Å²) in [7, 11) is 0. The van der Waals surface area contributed by atoms with Gasteiger partial charge in [0.25, 0.3) is 0 Å². The highest BCUT2D eigenvalue weighted by molar-refractivity contribution is 5.94. The third-order valence-electron chi connectivity index (χ3n) is 4.59. The van der Waals surface area contributed by atoms with Gasteiger partial charge in [-0.15, -0.1) is 0 Å². The quantitative estimate of drug-likeness (QED) is 0.817. The van der Waals surface area contributed by atoms with Crippen LogP contribution in [0.4, 0.5) is 4.39 Å². The lowest BCUT2D eigenvalue weighted by molar-refractivity contribution is -0.121. The summed E-state index contributed by atoms with van der Waals surface area (Å²) in [5.41, 5.74) is 6.70. The molecule has 0 saturated carbocycles. The predicted octanol–water partition coefficient (Wildman–Crippen LogP) is 2.29. The van der Waals surface area contributed by atoms with Crippen LogP contribution in [0.15, 0.2) is 29.4 Å². The molecule has 0 spiro atoms. The first-order valence-corrected chi connectivity index (χ1v) is 8.86. The zero-order chi connectivity index (χ0) is 19.4. The first-order valence-electron chi connectivity index (χ1n) is 8.86. The van der Waals surface area contributed by atoms with Crippen molar-refractivity contribution in [3.63, 3.8) is 0 Å². The number of hydrazone groups is 1. The number of hydrogen-bond donors (Lipinski definition) is 2. The lowest BCUT2D eigenvalue weighted by Crippen LogP contribution is -2.27. The molecule has 1 aliphatic rings. The Morgan fingerprint density at radius 1 is 1.26 bits per heavy atom. The first kappa shape index (κ1) is 18.8. The molecule has 0 bridgehead atoms. The van der Waals surface area contributed by atoms with Gasteiger partial charge >= 0.3 is 0 Å². The zero-order valence-electron chi connectivity index (χ0n) is 15.4. The molecule has 2 heterocycles. The minimum atomic E-state index is -0.296. The van der Waals surface area contributed by atoms with Crippen molar-refractivity contribution in [2.75, 3.05) is 0 Å². The standard InChI is InChI=1S/C19H22FN5O2/c1-12-17(13(2)25(24-12)16-7-3-14(20)4-8-16)11-21-18(26)9-5-15-6-10-19(27)23-22-15/h3-4,7-8H,5-6,9-11H2,1-2H3,(H,21,26)(H,23,27). The van der Waals surface area contributed by atoms with Gasteiger partial charge in [-0.2, -0.15) is 10.2 Å². The molecule has 27 heavy (non-hydrogen) atoms. The van der Waals surface area contributed by atoms with Crippen molar-refractivity contribution in [3.05, 3.63) is 47.0 Å². The Morgan fingerprint density at radius 2 is 2.00 bits per heavy atom. The highest BCUT2D eigenvalue weighted by atomic mass is 19.1. The molecule has 142 valence electrons. The van der Waals surface area contributed by atoms with Crippen LogP contribution < -0.4 is 10.7 Å². The Kier molecular flexibility index (Phi) is 5.63.